The molecule has 122 valence electrons. The van der Waals surface area contributed by atoms with E-state index in [0.717, 1.165) is 43.3 Å². The third-order valence-corrected chi connectivity index (χ3v) is 4.54. The zero-order chi connectivity index (χ0) is 16.2. The standard InChI is InChI=1S/C14H17F3N2O2S/c15-14(16,17)10-4-5-13(19-7-10)22-8-12(21)18-6-9-2-1-3-11(9)20/h4-5,7,9,11,20H,1-3,6,8H2,(H,18,21). The lowest BCUT2D eigenvalue weighted by atomic mass is 10.1. The van der Waals surface area contributed by atoms with Crippen molar-refractivity contribution in [1.82, 2.24) is 10.3 Å². The number of aliphatic hydroxyl groups is 1. The Kier molecular flexibility index (Phi) is 5.69. The smallest absolute Gasteiger partial charge is 0.393 e. The van der Waals surface area contributed by atoms with Crippen LogP contribution < -0.4 is 5.32 Å². The minimum absolute atomic E-state index is 0.0845. The van der Waals surface area contributed by atoms with Crippen LogP contribution in [-0.4, -0.2) is 34.4 Å². The summed E-state index contributed by atoms with van der Waals surface area (Å²) in [5, 5.41) is 12.7. The number of nitrogens with one attached hydrogen (secondary N) is 1. The summed E-state index contributed by atoms with van der Waals surface area (Å²) in [5.74, 6) is -0.0368. The van der Waals surface area contributed by atoms with E-state index in [9.17, 15) is 23.1 Å². The van der Waals surface area contributed by atoms with E-state index in [-0.39, 0.29) is 23.7 Å². The van der Waals surface area contributed by atoms with Crippen molar-refractivity contribution < 1.29 is 23.1 Å². The van der Waals surface area contributed by atoms with Crippen molar-refractivity contribution in [3.05, 3.63) is 23.9 Å². The number of aliphatic hydroxyl groups excluding tert-OH is 1. The Bertz CT molecular complexity index is 508. The number of rotatable bonds is 5. The van der Waals surface area contributed by atoms with E-state index in [2.05, 4.69) is 10.3 Å². The van der Waals surface area contributed by atoms with Gasteiger partial charge in [-0.3, -0.25) is 4.79 Å². The van der Waals surface area contributed by atoms with Crippen molar-refractivity contribution in [2.75, 3.05) is 12.3 Å². The molecule has 1 heterocycles. The normalized spacial score (nSPS) is 21.8. The Morgan fingerprint density at radius 2 is 2.18 bits per heavy atom. The molecular weight excluding hydrogens is 317 g/mol. The number of carbonyl (C=O) groups is 1. The second-order valence-electron chi connectivity index (χ2n) is 5.23. The topological polar surface area (TPSA) is 62.2 Å². The highest BCUT2D eigenvalue weighted by Crippen LogP contribution is 2.29. The van der Waals surface area contributed by atoms with E-state index in [1.165, 1.54) is 6.07 Å². The van der Waals surface area contributed by atoms with E-state index in [1.807, 2.05) is 0 Å². The average Bonchev–Trinajstić information content (AvgIpc) is 2.88. The number of thioether (sulfide) groups is 1. The van der Waals surface area contributed by atoms with Crippen LogP contribution in [0.5, 0.6) is 0 Å². The molecule has 2 N–H and O–H groups in total. The maximum absolute atomic E-state index is 12.4. The first-order valence-electron chi connectivity index (χ1n) is 6.97. The van der Waals surface area contributed by atoms with Gasteiger partial charge < -0.3 is 10.4 Å². The molecule has 4 nitrogen and oxygen atoms in total. The third-order valence-electron chi connectivity index (χ3n) is 3.60. The number of alkyl halides is 3. The van der Waals surface area contributed by atoms with Gasteiger partial charge in [-0.05, 0) is 25.0 Å². The maximum Gasteiger partial charge on any atom is 0.417 e. The van der Waals surface area contributed by atoms with Crippen LogP contribution in [0.2, 0.25) is 0 Å². The molecule has 22 heavy (non-hydrogen) atoms. The molecular formula is C14H17F3N2O2S. The Morgan fingerprint density at radius 1 is 1.41 bits per heavy atom. The number of pyridine rings is 1. The first-order chi connectivity index (χ1) is 10.4. The quantitative estimate of drug-likeness (QED) is 0.812. The van der Waals surface area contributed by atoms with Gasteiger partial charge in [0.05, 0.1) is 22.4 Å². The van der Waals surface area contributed by atoms with Crippen molar-refractivity contribution in [2.24, 2.45) is 5.92 Å². The van der Waals surface area contributed by atoms with Crippen molar-refractivity contribution in [3.8, 4) is 0 Å². The van der Waals surface area contributed by atoms with E-state index < -0.39 is 11.7 Å². The number of aromatic nitrogens is 1. The predicted molar refractivity (Wildman–Crippen MR) is 76.3 cm³/mol. The number of hydrogen-bond acceptors (Lipinski definition) is 4. The minimum Gasteiger partial charge on any atom is -0.393 e. The molecule has 1 aromatic heterocycles. The predicted octanol–water partition coefficient (Wildman–Crippen LogP) is 2.47. The highest BCUT2D eigenvalue weighted by atomic mass is 32.2. The molecule has 0 aromatic carbocycles. The second kappa shape index (κ2) is 7.32. The number of hydrogen-bond donors (Lipinski definition) is 2. The molecule has 0 spiro atoms. The van der Waals surface area contributed by atoms with Crippen LogP contribution in [0.4, 0.5) is 13.2 Å². The summed E-state index contributed by atoms with van der Waals surface area (Å²) in [6.07, 6.45) is -1.37. The van der Waals surface area contributed by atoms with Gasteiger partial charge in [-0.25, -0.2) is 4.98 Å². The van der Waals surface area contributed by atoms with E-state index >= 15 is 0 Å². The Morgan fingerprint density at radius 3 is 2.73 bits per heavy atom. The van der Waals surface area contributed by atoms with Crippen LogP contribution in [0.15, 0.2) is 23.4 Å². The molecule has 1 saturated carbocycles. The molecule has 0 radical (unpaired) electrons. The number of carbonyl (C=O) groups excluding carboxylic acids is 1. The molecule has 0 bridgehead atoms. The van der Waals surface area contributed by atoms with Crippen LogP contribution in [0, 0.1) is 5.92 Å². The minimum atomic E-state index is -4.41. The Hall–Kier alpha value is -1.28. The first-order valence-corrected chi connectivity index (χ1v) is 7.95. The van der Waals surface area contributed by atoms with Crippen LogP contribution in [0.1, 0.15) is 24.8 Å². The van der Waals surface area contributed by atoms with Crippen molar-refractivity contribution in [2.45, 2.75) is 36.6 Å². The number of amides is 1. The van der Waals surface area contributed by atoms with Crippen LogP contribution in [0.3, 0.4) is 0 Å². The molecule has 8 heteroatoms. The lowest BCUT2D eigenvalue weighted by Crippen LogP contribution is -2.33. The zero-order valence-electron chi connectivity index (χ0n) is 11.8. The molecule has 2 unspecified atom stereocenters. The van der Waals surface area contributed by atoms with Gasteiger partial charge in [-0.15, -0.1) is 0 Å². The van der Waals surface area contributed by atoms with Gasteiger partial charge in [0.15, 0.2) is 0 Å². The van der Waals surface area contributed by atoms with Gasteiger partial charge in [0.25, 0.3) is 0 Å². The fourth-order valence-corrected chi connectivity index (χ4v) is 3.00. The molecule has 1 aliphatic rings. The summed E-state index contributed by atoms with van der Waals surface area (Å²) >= 11 is 1.08. The molecule has 0 aliphatic heterocycles. The van der Waals surface area contributed by atoms with Gasteiger partial charge >= 0.3 is 6.18 Å². The number of halogens is 3. The van der Waals surface area contributed by atoms with Crippen LogP contribution >= 0.6 is 11.8 Å². The zero-order valence-corrected chi connectivity index (χ0v) is 12.6. The fraction of sp³-hybridized carbons (Fsp3) is 0.571. The maximum atomic E-state index is 12.4. The van der Waals surface area contributed by atoms with Gasteiger partial charge in [0.1, 0.15) is 0 Å². The highest BCUT2D eigenvalue weighted by molar-refractivity contribution is 7.99. The van der Waals surface area contributed by atoms with E-state index in [1.54, 1.807) is 0 Å². The van der Waals surface area contributed by atoms with Crippen molar-refractivity contribution >= 4 is 17.7 Å². The summed E-state index contributed by atoms with van der Waals surface area (Å²) in [6.45, 7) is 0.432. The second-order valence-corrected chi connectivity index (χ2v) is 6.23. The van der Waals surface area contributed by atoms with Crippen molar-refractivity contribution in [3.63, 3.8) is 0 Å². The fourth-order valence-electron chi connectivity index (χ4n) is 2.32. The molecule has 1 fully saturated rings. The largest absolute Gasteiger partial charge is 0.417 e. The summed E-state index contributed by atoms with van der Waals surface area (Å²) in [5.41, 5.74) is -0.809. The summed E-state index contributed by atoms with van der Waals surface area (Å²) in [7, 11) is 0. The van der Waals surface area contributed by atoms with Gasteiger partial charge in [-0.1, -0.05) is 18.2 Å². The van der Waals surface area contributed by atoms with Crippen LogP contribution in [0.25, 0.3) is 0 Å². The molecule has 1 aromatic rings. The van der Waals surface area contributed by atoms with Gasteiger partial charge in [0, 0.05) is 18.7 Å². The molecule has 2 atom stereocenters. The van der Waals surface area contributed by atoms with Gasteiger partial charge in [-0.2, -0.15) is 13.2 Å². The number of nitrogens with zero attached hydrogens (tertiary/aromatic N) is 1. The molecule has 1 amide bonds. The average molecular weight is 334 g/mol. The summed E-state index contributed by atoms with van der Waals surface area (Å²) in [6, 6.07) is 2.20. The first kappa shape index (κ1) is 17.1. The molecule has 0 saturated heterocycles. The summed E-state index contributed by atoms with van der Waals surface area (Å²) in [4.78, 5) is 15.4. The third kappa shape index (κ3) is 4.88. The monoisotopic (exact) mass is 334 g/mol. The lowest BCUT2D eigenvalue weighted by molar-refractivity contribution is -0.137. The molecule has 2 rings (SSSR count). The Labute approximate surface area is 130 Å². The van der Waals surface area contributed by atoms with Crippen LogP contribution in [-0.2, 0) is 11.0 Å². The van der Waals surface area contributed by atoms with E-state index in [4.69, 9.17) is 0 Å². The van der Waals surface area contributed by atoms with E-state index in [0.29, 0.717) is 11.6 Å². The SMILES string of the molecule is O=C(CSc1ccc(C(F)(F)F)cn1)NCC1CCCC1O. The Balaban J connectivity index is 1.74. The lowest BCUT2D eigenvalue weighted by Gasteiger charge is -2.14. The van der Waals surface area contributed by atoms with Gasteiger partial charge in [0.2, 0.25) is 5.91 Å². The molecule has 1 aliphatic carbocycles. The highest BCUT2D eigenvalue weighted by Gasteiger charge is 2.30. The summed E-state index contributed by atoms with van der Waals surface area (Å²) < 4.78 is 37.1. The van der Waals surface area contributed by atoms with Crippen molar-refractivity contribution in [1.29, 1.82) is 0 Å².